The van der Waals surface area contributed by atoms with E-state index in [2.05, 4.69) is 4.18 Å². The smallest absolute Gasteiger partial charge is 0.488 e. The van der Waals surface area contributed by atoms with Gasteiger partial charge in [-0.1, -0.05) is 43.7 Å². The van der Waals surface area contributed by atoms with Gasteiger partial charge in [0.2, 0.25) is 6.79 Å². The van der Waals surface area contributed by atoms with Gasteiger partial charge in [0.1, 0.15) is 18.1 Å². The molecule has 2 aromatic rings. The van der Waals surface area contributed by atoms with Gasteiger partial charge in [-0.25, -0.2) is 4.18 Å². The van der Waals surface area contributed by atoms with Crippen molar-refractivity contribution in [2.24, 2.45) is 0 Å². The first-order valence-corrected chi connectivity index (χ1v) is 11.3. The fourth-order valence-corrected chi connectivity index (χ4v) is 3.47. The molecule has 0 unspecified atom stereocenters. The summed E-state index contributed by atoms with van der Waals surface area (Å²) in [6.07, 6.45) is 2.32. The van der Waals surface area contributed by atoms with Crippen LogP contribution >= 0.6 is 0 Å². The zero-order valence-electron chi connectivity index (χ0n) is 18.0. The van der Waals surface area contributed by atoms with Crippen LogP contribution in [0.4, 0.5) is 13.2 Å². The van der Waals surface area contributed by atoms with Crippen LogP contribution in [0.5, 0.6) is 11.5 Å². The first kappa shape index (κ1) is 25.0. The van der Waals surface area contributed by atoms with Crippen LogP contribution in [0.1, 0.15) is 47.6 Å². The molecular formula is C22H27F3O5S. The molecule has 0 aliphatic heterocycles. The molecule has 0 heterocycles. The minimum absolute atomic E-state index is 0.327. The maximum Gasteiger partial charge on any atom is 0.523 e. The number of benzene rings is 2. The predicted octanol–water partition coefficient (Wildman–Crippen LogP) is 5.74. The zero-order valence-corrected chi connectivity index (χ0v) is 18.8. The Balaban J connectivity index is 2.32. The van der Waals surface area contributed by atoms with Gasteiger partial charge in [-0.3, -0.25) is 0 Å². The second kappa shape index (κ2) is 10.4. The maximum absolute atomic E-state index is 12.5. The van der Waals surface area contributed by atoms with Gasteiger partial charge < -0.3 is 9.47 Å². The van der Waals surface area contributed by atoms with Crippen LogP contribution < -0.4 is 9.47 Å². The summed E-state index contributed by atoms with van der Waals surface area (Å²) in [5.74, 6) is 1.01. The monoisotopic (exact) mass is 460 g/mol. The number of hydrogen-bond donors (Lipinski definition) is 0. The third-order valence-corrected chi connectivity index (χ3v) is 5.98. The zero-order chi connectivity index (χ0) is 23.2. The molecule has 0 N–H and O–H groups in total. The third kappa shape index (κ3) is 6.13. The molecule has 0 amide bonds. The fraction of sp³-hybridized carbons (Fsp3) is 0.455. The van der Waals surface area contributed by atoms with Crippen LogP contribution in [0.2, 0.25) is 0 Å². The molecule has 0 saturated carbocycles. The number of alkyl halides is 3. The number of rotatable bonds is 10. The third-order valence-electron chi connectivity index (χ3n) is 5.01. The molecule has 0 spiro atoms. The number of hydrogen-bond acceptors (Lipinski definition) is 5. The Morgan fingerprint density at radius 3 is 2.10 bits per heavy atom. The molecule has 0 radical (unpaired) electrons. The van der Waals surface area contributed by atoms with E-state index in [4.69, 9.17) is 9.47 Å². The molecule has 0 fully saturated rings. The summed E-state index contributed by atoms with van der Waals surface area (Å²) in [6.45, 7) is 6.76. The normalized spacial score (nSPS) is 12.1. The SMILES string of the molecule is CCCCc1c(C)c(OCc2ccccc2)c(C)c(C)c1OCOS(=O)(=O)C(F)(F)F. The first-order valence-electron chi connectivity index (χ1n) is 9.87. The highest BCUT2D eigenvalue weighted by atomic mass is 32.2. The van der Waals surface area contributed by atoms with Gasteiger partial charge in [0.25, 0.3) is 0 Å². The molecule has 0 atom stereocenters. The van der Waals surface area contributed by atoms with E-state index in [1.54, 1.807) is 6.92 Å². The topological polar surface area (TPSA) is 61.8 Å². The Labute approximate surface area is 181 Å². The highest BCUT2D eigenvalue weighted by Gasteiger charge is 2.47. The first-order chi connectivity index (χ1) is 14.5. The lowest BCUT2D eigenvalue weighted by Gasteiger charge is -2.22. The molecule has 0 saturated heterocycles. The van der Waals surface area contributed by atoms with E-state index in [1.807, 2.05) is 51.1 Å². The quantitative estimate of drug-likeness (QED) is 0.257. The average molecular weight is 461 g/mol. The van der Waals surface area contributed by atoms with E-state index < -0.39 is 22.4 Å². The maximum atomic E-state index is 12.5. The van der Waals surface area contributed by atoms with Crippen molar-refractivity contribution in [1.82, 2.24) is 0 Å². The lowest BCUT2D eigenvalue weighted by molar-refractivity contribution is -0.0589. The minimum Gasteiger partial charge on any atom is -0.488 e. The Morgan fingerprint density at radius 2 is 1.52 bits per heavy atom. The van der Waals surface area contributed by atoms with Crippen LogP contribution in [0, 0.1) is 20.8 Å². The number of ether oxygens (including phenoxy) is 2. The minimum atomic E-state index is -5.73. The molecular weight excluding hydrogens is 433 g/mol. The molecule has 31 heavy (non-hydrogen) atoms. The van der Waals surface area contributed by atoms with Crippen molar-refractivity contribution in [3.8, 4) is 11.5 Å². The summed E-state index contributed by atoms with van der Waals surface area (Å²) in [6, 6.07) is 9.65. The van der Waals surface area contributed by atoms with E-state index in [0.29, 0.717) is 30.1 Å². The van der Waals surface area contributed by atoms with Gasteiger partial charge in [-0.15, -0.1) is 0 Å². The molecule has 9 heteroatoms. The highest BCUT2D eigenvalue weighted by Crippen LogP contribution is 2.39. The van der Waals surface area contributed by atoms with Crippen molar-refractivity contribution in [2.75, 3.05) is 6.79 Å². The lowest BCUT2D eigenvalue weighted by Crippen LogP contribution is -2.27. The second-order valence-electron chi connectivity index (χ2n) is 7.17. The molecule has 2 rings (SSSR count). The van der Waals surface area contributed by atoms with Gasteiger partial charge in [-0.05, 0) is 55.9 Å². The van der Waals surface area contributed by atoms with Crippen LogP contribution in [-0.4, -0.2) is 20.7 Å². The van der Waals surface area contributed by atoms with Gasteiger partial charge in [0.05, 0.1) is 0 Å². The van der Waals surface area contributed by atoms with E-state index >= 15 is 0 Å². The van der Waals surface area contributed by atoms with Crippen molar-refractivity contribution in [1.29, 1.82) is 0 Å². The summed E-state index contributed by atoms with van der Waals surface area (Å²) < 4.78 is 75.3. The highest BCUT2D eigenvalue weighted by molar-refractivity contribution is 7.87. The van der Waals surface area contributed by atoms with E-state index in [9.17, 15) is 21.6 Å². The van der Waals surface area contributed by atoms with Gasteiger partial charge in [0, 0.05) is 5.56 Å². The van der Waals surface area contributed by atoms with Crippen LogP contribution in [0.25, 0.3) is 0 Å². The summed E-state index contributed by atoms with van der Waals surface area (Å²) in [4.78, 5) is 0. The Kier molecular flexibility index (Phi) is 8.36. The summed E-state index contributed by atoms with van der Waals surface area (Å²) in [5.41, 5.74) is -1.50. The van der Waals surface area contributed by atoms with Crippen LogP contribution in [0.3, 0.4) is 0 Å². The molecule has 5 nitrogen and oxygen atoms in total. The van der Waals surface area contributed by atoms with Gasteiger partial charge in [-0.2, -0.15) is 21.6 Å². The number of halogens is 3. The van der Waals surface area contributed by atoms with Crippen LogP contribution in [0.15, 0.2) is 30.3 Å². The molecule has 0 aromatic heterocycles. The van der Waals surface area contributed by atoms with Crippen molar-refractivity contribution < 1.29 is 35.2 Å². The molecule has 0 bridgehead atoms. The van der Waals surface area contributed by atoms with Crippen molar-refractivity contribution in [3.63, 3.8) is 0 Å². The van der Waals surface area contributed by atoms with Gasteiger partial charge in [0.15, 0.2) is 0 Å². The standard InChI is InChI=1S/C22H27F3O5S/c1-5-6-12-19-17(4)20(28-13-18-10-8-7-9-11-18)15(2)16(3)21(19)29-14-30-31(26,27)22(23,24)25/h7-11H,5-6,12-14H2,1-4H3. The number of unbranched alkanes of at least 4 members (excludes halogenated alkanes) is 1. The molecule has 2 aromatic carbocycles. The average Bonchev–Trinajstić information content (AvgIpc) is 2.71. The van der Waals surface area contributed by atoms with Crippen LogP contribution in [-0.2, 0) is 27.3 Å². The van der Waals surface area contributed by atoms with Gasteiger partial charge >= 0.3 is 15.6 Å². The second-order valence-corrected chi connectivity index (χ2v) is 8.78. The Bertz CT molecular complexity index is 987. The molecule has 172 valence electrons. The Morgan fingerprint density at radius 1 is 0.903 bits per heavy atom. The predicted molar refractivity (Wildman–Crippen MR) is 112 cm³/mol. The van der Waals surface area contributed by atoms with Crippen molar-refractivity contribution >= 4 is 10.1 Å². The lowest BCUT2D eigenvalue weighted by atomic mass is 9.94. The summed E-state index contributed by atoms with van der Waals surface area (Å²) >= 11 is 0. The molecule has 0 aliphatic rings. The largest absolute Gasteiger partial charge is 0.523 e. The van der Waals surface area contributed by atoms with E-state index in [-0.39, 0.29) is 0 Å². The Hall–Kier alpha value is -2.26. The van der Waals surface area contributed by atoms with Crippen molar-refractivity contribution in [2.45, 2.75) is 59.1 Å². The van der Waals surface area contributed by atoms with Crippen molar-refractivity contribution in [3.05, 3.63) is 58.1 Å². The summed E-state index contributed by atoms with van der Waals surface area (Å²) in [7, 11) is -5.73. The fourth-order valence-electron chi connectivity index (χ4n) is 3.16. The van der Waals surface area contributed by atoms with E-state index in [0.717, 1.165) is 35.1 Å². The summed E-state index contributed by atoms with van der Waals surface area (Å²) in [5, 5.41) is 0. The van der Waals surface area contributed by atoms with E-state index in [1.165, 1.54) is 0 Å². The molecule has 0 aliphatic carbocycles.